The maximum atomic E-state index is 12.8. The van der Waals surface area contributed by atoms with E-state index in [9.17, 15) is 29.1 Å². The molecule has 0 aromatic heterocycles. The fourth-order valence-electron chi connectivity index (χ4n) is 4.31. The van der Waals surface area contributed by atoms with E-state index in [1.165, 1.54) is 9.80 Å². The number of likely N-dealkylation sites (tertiary alicyclic amines) is 2. The molecule has 0 unspecified atom stereocenters. The Bertz CT molecular complexity index is 844. The van der Waals surface area contributed by atoms with E-state index in [0.717, 1.165) is 0 Å². The molecule has 196 valence electrons. The number of carbonyl (C=O) groups excluding carboxylic acids is 4. The van der Waals surface area contributed by atoms with Gasteiger partial charge in [0.15, 0.2) is 5.96 Å². The average Bonchev–Trinajstić information content (AvgIpc) is 3.48. The van der Waals surface area contributed by atoms with Gasteiger partial charge < -0.3 is 42.7 Å². The summed E-state index contributed by atoms with van der Waals surface area (Å²) in [5, 5.41) is 14.5. The zero-order valence-corrected chi connectivity index (χ0v) is 19.9. The van der Waals surface area contributed by atoms with Gasteiger partial charge in [0, 0.05) is 19.6 Å². The summed E-state index contributed by atoms with van der Waals surface area (Å²) in [4.78, 5) is 68.5. The van der Waals surface area contributed by atoms with E-state index >= 15 is 0 Å². The Hall–Kier alpha value is -3.42. The van der Waals surface area contributed by atoms with Crippen LogP contribution in [0.3, 0.4) is 0 Å². The molecule has 0 bridgehead atoms. The molecule has 0 aromatic rings. The van der Waals surface area contributed by atoms with Gasteiger partial charge >= 0.3 is 5.97 Å². The number of aliphatic carboxylic acids is 1. The summed E-state index contributed by atoms with van der Waals surface area (Å²) in [6.07, 6.45) is 2.55. The number of amides is 4. The summed E-state index contributed by atoms with van der Waals surface area (Å²) in [7, 11) is 0. The Labute approximate surface area is 203 Å². The van der Waals surface area contributed by atoms with Crippen molar-refractivity contribution in [3.63, 3.8) is 0 Å². The first kappa shape index (κ1) is 27.8. The number of rotatable bonds is 11. The first-order valence-corrected chi connectivity index (χ1v) is 11.7. The van der Waals surface area contributed by atoms with Crippen molar-refractivity contribution in [3.8, 4) is 0 Å². The summed E-state index contributed by atoms with van der Waals surface area (Å²) in [6, 6.07) is -3.39. The molecule has 0 saturated carbocycles. The Morgan fingerprint density at radius 1 is 1.03 bits per heavy atom. The highest BCUT2D eigenvalue weighted by molar-refractivity contribution is 5.94. The fraction of sp³-hybridized carbons (Fsp3) is 0.714. The molecule has 0 aromatic carbocycles. The largest absolute Gasteiger partial charge is 0.480 e. The lowest BCUT2D eigenvalue weighted by atomic mass is 10.1. The predicted octanol–water partition coefficient (Wildman–Crippen LogP) is -2.95. The Morgan fingerprint density at radius 2 is 1.63 bits per heavy atom. The number of carbonyl (C=O) groups is 5. The molecular formula is C21H36N8O6. The molecule has 4 atom stereocenters. The zero-order chi connectivity index (χ0) is 26.1. The van der Waals surface area contributed by atoms with Crippen LogP contribution in [-0.4, -0.2) is 101 Å². The number of nitrogens with zero attached hydrogens (tertiary/aromatic N) is 3. The van der Waals surface area contributed by atoms with Crippen LogP contribution >= 0.6 is 0 Å². The number of nitrogens with one attached hydrogen (secondary N) is 2. The van der Waals surface area contributed by atoms with Crippen LogP contribution < -0.4 is 27.8 Å². The smallest absolute Gasteiger partial charge is 0.326 e. The van der Waals surface area contributed by atoms with Crippen LogP contribution in [0.1, 0.15) is 45.4 Å². The van der Waals surface area contributed by atoms with Gasteiger partial charge in [-0.3, -0.25) is 24.2 Å². The topological polar surface area (TPSA) is 227 Å². The molecule has 2 saturated heterocycles. The average molecular weight is 497 g/mol. The lowest BCUT2D eigenvalue weighted by Crippen LogP contribution is -2.54. The molecule has 0 radical (unpaired) electrons. The fourth-order valence-corrected chi connectivity index (χ4v) is 4.31. The summed E-state index contributed by atoms with van der Waals surface area (Å²) >= 11 is 0. The molecule has 14 heteroatoms. The third-order valence-corrected chi connectivity index (χ3v) is 6.08. The van der Waals surface area contributed by atoms with Gasteiger partial charge in [-0.25, -0.2) is 4.79 Å². The van der Waals surface area contributed by atoms with Gasteiger partial charge in [-0.1, -0.05) is 0 Å². The Morgan fingerprint density at radius 3 is 2.20 bits per heavy atom. The molecule has 0 aliphatic carbocycles. The normalized spacial score (nSPS) is 21.2. The molecule has 2 aliphatic rings. The van der Waals surface area contributed by atoms with Crippen molar-refractivity contribution in [3.05, 3.63) is 0 Å². The molecule has 9 N–H and O–H groups in total. The van der Waals surface area contributed by atoms with Gasteiger partial charge in [-0.15, -0.1) is 0 Å². The van der Waals surface area contributed by atoms with Crippen LogP contribution in [0.5, 0.6) is 0 Å². The second-order valence-corrected chi connectivity index (χ2v) is 8.79. The van der Waals surface area contributed by atoms with E-state index in [1.54, 1.807) is 6.92 Å². The zero-order valence-electron chi connectivity index (χ0n) is 19.9. The van der Waals surface area contributed by atoms with Crippen LogP contribution in [0.2, 0.25) is 0 Å². The number of hydrogen-bond acceptors (Lipinski definition) is 7. The molecule has 14 nitrogen and oxygen atoms in total. The van der Waals surface area contributed by atoms with Crippen molar-refractivity contribution in [2.75, 3.05) is 26.2 Å². The van der Waals surface area contributed by atoms with E-state index in [0.29, 0.717) is 45.2 Å². The van der Waals surface area contributed by atoms with Crippen molar-refractivity contribution in [2.24, 2.45) is 22.2 Å². The van der Waals surface area contributed by atoms with Crippen LogP contribution in [-0.2, 0) is 24.0 Å². The standard InChI is InChI=1S/C21H36N8O6/c1-12(22)19(33)29-10-4-6-14(29)17(31)26-11-16(30)28-9-3-7-15(28)18(32)27-13(20(34)35)5-2-8-25-21(23)24/h12-15H,2-11,22H2,1H3,(H,26,31)(H,27,32)(H,34,35)(H4,23,24,25)/t12-,13-,14+,15-/m1/s1. The number of aliphatic imine (C=N–C) groups is 1. The Balaban J connectivity index is 1.90. The van der Waals surface area contributed by atoms with Gasteiger partial charge in [0.2, 0.25) is 23.6 Å². The lowest BCUT2D eigenvalue weighted by molar-refractivity contribution is -0.144. The molecule has 35 heavy (non-hydrogen) atoms. The third-order valence-electron chi connectivity index (χ3n) is 6.08. The number of carboxylic acid groups (broad SMARTS) is 1. The van der Waals surface area contributed by atoms with Gasteiger partial charge in [0.1, 0.15) is 18.1 Å². The van der Waals surface area contributed by atoms with Crippen molar-refractivity contribution >= 4 is 35.6 Å². The SMILES string of the molecule is C[C@@H](N)C(=O)N1CCC[C@H]1C(=O)NCC(=O)N1CCC[C@@H]1C(=O)N[C@H](CCCN=C(N)N)C(=O)O. The lowest BCUT2D eigenvalue weighted by Gasteiger charge is -2.27. The second-order valence-electron chi connectivity index (χ2n) is 8.79. The minimum atomic E-state index is -1.20. The summed E-state index contributed by atoms with van der Waals surface area (Å²) in [6.45, 7) is 2.19. The van der Waals surface area contributed by atoms with Crippen LogP contribution in [0.4, 0.5) is 0 Å². The monoisotopic (exact) mass is 496 g/mol. The Kier molecular flexibility index (Phi) is 10.2. The van der Waals surface area contributed by atoms with Crippen molar-refractivity contribution in [1.82, 2.24) is 20.4 Å². The van der Waals surface area contributed by atoms with Crippen LogP contribution in [0, 0.1) is 0 Å². The molecule has 0 spiro atoms. The van der Waals surface area contributed by atoms with Gasteiger partial charge in [0.05, 0.1) is 12.6 Å². The minimum Gasteiger partial charge on any atom is -0.480 e. The molecular weight excluding hydrogens is 460 g/mol. The number of carboxylic acids is 1. The highest BCUT2D eigenvalue weighted by Gasteiger charge is 2.38. The van der Waals surface area contributed by atoms with Crippen LogP contribution in [0.25, 0.3) is 0 Å². The van der Waals surface area contributed by atoms with E-state index in [-0.39, 0.29) is 31.4 Å². The van der Waals surface area contributed by atoms with E-state index in [1.807, 2.05) is 0 Å². The molecule has 2 aliphatic heterocycles. The summed E-state index contributed by atoms with van der Waals surface area (Å²) < 4.78 is 0. The summed E-state index contributed by atoms with van der Waals surface area (Å²) in [5.74, 6) is -3.10. The van der Waals surface area contributed by atoms with Gasteiger partial charge in [-0.2, -0.15) is 0 Å². The maximum Gasteiger partial charge on any atom is 0.326 e. The van der Waals surface area contributed by atoms with Gasteiger partial charge in [0.25, 0.3) is 0 Å². The first-order chi connectivity index (χ1) is 16.5. The number of hydrogen-bond donors (Lipinski definition) is 6. The van der Waals surface area contributed by atoms with E-state index in [4.69, 9.17) is 17.2 Å². The van der Waals surface area contributed by atoms with E-state index < -0.39 is 47.9 Å². The van der Waals surface area contributed by atoms with Gasteiger partial charge in [-0.05, 0) is 45.4 Å². The highest BCUT2D eigenvalue weighted by atomic mass is 16.4. The first-order valence-electron chi connectivity index (χ1n) is 11.7. The minimum absolute atomic E-state index is 0.103. The summed E-state index contributed by atoms with van der Waals surface area (Å²) in [5.41, 5.74) is 16.1. The maximum absolute atomic E-state index is 12.8. The third kappa shape index (κ3) is 7.80. The molecule has 2 fully saturated rings. The predicted molar refractivity (Wildman–Crippen MR) is 126 cm³/mol. The molecule has 2 rings (SSSR count). The van der Waals surface area contributed by atoms with Crippen LogP contribution in [0.15, 0.2) is 4.99 Å². The molecule has 2 heterocycles. The second kappa shape index (κ2) is 12.9. The highest BCUT2D eigenvalue weighted by Crippen LogP contribution is 2.20. The van der Waals surface area contributed by atoms with Crippen molar-refractivity contribution < 1.29 is 29.1 Å². The quantitative estimate of drug-likeness (QED) is 0.0975. The number of nitrogens with two attached hydrogens (primary N) is 3. The molecule has 4 amide bonds. The van der Waals surface area contributed by atoms with Crippen molar-refractivity contribution in [2.45, 2.75) is 69.6 Å². The van der Waals surface area contributed by atoms with E-state index in [2.05, 4.69) is 15.6 Å². The number of guanidine groups is 1. The van der Waals surface area contributed by atoms with Crippen molar-refractivity contribution in [1.29, 1.82) is 0 Å².